The average molecular weight is 891 g/mol. The molecule has 340 valence electrons. The number of sulfonamides is 1. The third-order valence-corrected chi connectivity index (χ3v) is 14.9. The first-order valence-corrected chi connectivity index (χ1v) is 23.1. The molecular weight excluding hydrogens is 833 g/mol. The zero-order valence-corrected chi connectivity index (χ0v) is 37.8. The van der Waals surface area contributed by atoms with E-state index in [2.05, 4.69) is 20.2 Å². The normalized spacial score (nSPS) is 25.2. The van der Waals surface area contributed by atoms with E-state index in [0.29, 0.717) is 60.4 Å². The Balaban J connectivity index is 1.22. The zero-order valence-electron chi connectivity index (χ0n) is 37.0. The van der Waals surface area contributed by atoms with Crippen molar-refractivity contribution in [2.24, 2.45) is 11.3 Å². The first kappa shape index (κ1) is 45.4. The number of hydrogen-bond acceptors (Lipinski definition) is 13. The second-order valence-electron chi connectivity index (χ2n) is 18.0. The average Bonchev–Trinajstić information content (AvgIpc) is 4.01. The van der Waals surface area contributed by atoms with Crippen molar-refractivity contribution >= 4 is 50.3 Å². The smallest absolute Gasteiger partial charge is 0.274 e. The molecule has 3 aromatic rings. The number of ether oxygens (including phenoxy) is 3. The Morgan fingerprint density at radius 1 is 1.08 bits per heavy atom. The second kappa shape index (κ2) is 17.9. The third-order valence-electron chi connectivity index (χ3n) is 12.7. The molecule has 1 saturated heterocycles. The van der Waals surface area contributed by atoms with Gasteiger partial charge in [-0.15, -0.1) is 5.10 Å². The molecule has 7 rings (SSSR count). The minimum absolute atomic E-state index is 0.0426. The zero-order chi connectivity index (χ0) is 45.4. The molecule has 1 aromatic carbocycles. The second-order valence-corrected chi connectivity index (χ2v) is 20.2. The van der Waals surface area contributed by atoms with Crippen LogP contribution in [0.3, 0.4) is 0 Å². The van der Waals surface area contributed by atoms with E-state index in [1.165, 1.54) is 16.0 Å². The highest BCUT2D eigenvalue weighted by molar-refractivity contribution is 7.91. The maximum Gasteiger partial charge on any atom is 0.274 e. The molecule has 18 nitrogen and oxygen atoms in total. The molecule has 4 amide bonds. The van der Waals surface area contributed by atoms with Crippen LogP contribution in [0.25, 0.3) is 10.9 Å². The SMILES string of the molecule is COc1ccc2c(O[C@@H]3C[C@H]4C(=O)C[C@]5(C(=O)NS(=O)(=O)C6(C)CC6)C[C@H]5/C=C\CCCCC[C@H](NC(=O)c5cnn(CC(=O)N(C)C)n5)C(=O)N4C3)cc(OC(C)C)nc2c1C. The van der Waals surface area contributed by atoms with Gasteiger partial charge in [0.1, 0.15) is 30.2 Å². The number of methoxy groups -OCH3 is 1. The van der Waals surface area contributed by atoms with Crippen molar-refractivity contribution in [3.05, 3.63) is 47.8 Å². The number of aromatic nitrogens is 4. The summed E-state index contributed by atoms with van der Waals surface area (Å²) in [6, 6.07) is 3.14. The number of nitrogens with zero attached hydrogens (tertiary/aromatic N) is 6. The van der Waals surface area contributed by atoms with E-state index in [9.17, 15) is 32.4 Å². The molecule has 2 aliphatic carbocycles. The Kier molecular flexibility index (Phi) is 12.9. The molecule has 2 N–H and O–H groups in total. The van der Waals surface area contributed by atoms with E-state index in [-0.39, 0.29) is 62.4 Å². The highest BCUT2D eigenvalue weighted by atomic mass is 32.2. The summed E-state index contributed by atoms with van der Waals surface area (Å²) < 4.78 is 46.2. The molecule has 2 aliphatic heterocycles. The van der Waals surface area contributed by atoms with Crippen LogP contribution in [0.4, 0.5) is 0 Å². The lowest BCUT2D eigenvalue weighted by Crippen LogP contribution is -2.52. The van der Waals surface area contributed by atoms with Crippen LogP contribution in [0.1, 0.15) is 101 Å². The van der Waals surface area contributed by atoms with Gasteiger partial charge in [0.05, 0.1) is 47.7 Å². The number of carbonyl (C=O) groups excluding carboxylic acids is 5. The molecule has 0 radical (unpaired) electrons. The number of carbonyl (C=O) groups is 5. The molecule has 0 spiro atoms. The minimum Gasteiger partial charge on any atom is -0.496 e. The van der Waals surface area contributed by atoms with Crippen LogP contribution in [0.5, 0.6) is 17.4 Å². The van der Waals surface area contributed by atoms with Crippen molar-refractivity contribution in [1.29, 1.82) is 0 Å². The lowest BCUT2D eigenvalue weighted by molar-refractivity contribution is -0.140. The summed E-state index contributed by atoms with van der Waals surface area (Å²) in [4.78, 5) is 78.5. The molecule has 3 fully saturated rings. The van der Waals surface area contributed by atoms with Gasteiger partial charge >= 0.3 is 0 Å². The van der Waals surface area contributed by atoms with Gasteiger partial charge in [0, 0.05) is 44.0 Å². The molecule has 63 heavy (non-hydrogen) atoms. The van der Waals surface area contributed by atoms with Crippen LogP contribution in [0, 0.1) is 18.3 Å². The predicted molar refractivity (Wildman–Crippen MR) is 230 cm³/mol. The summed E-state index contributed by atoms with van der Waals surface area (Å²) in [6.45, 7) is 7.00. The number of benzene rings is 1. The van der Waals surface area contributed by atoms with E-state index in [1.807, 2.05) is 45.1 Å². The standard InChI is InChI=1S/C44H58N8O10S/c1-26(2)61-37-20-36(30-15-16-35(60-7)27(3)39(30)47-37)62-29-19-33-34(53)22-44(42(57)49-63(58,59)43(4)17-18-43)21-28(44)13-11-9-8-10-12-14-31(41(56)51(33)24-29)46-40(55)32-23-45-52(48-32)25-38(54)50(5)6/h11,13,15-16,20,23,26,28-29,31,33H,8-10,12,14,17-19,21-22,24-25H2,1-7H3,(H,46,55)(H,49,57)/b13-11-/t28-,29-,31+,33+,44-/m1/s1. The van der Waals surface area contributed by atoms with Gasteiger partial charge in [-0.2, -0.15) is 9.90 Å². The van der Waals surface area contributed by atoms with E-state index >= 15 is 0 Å². The highest BCUT2D eigenvalue weighted by Gasteiger charge is 2.62. The lowest BCUT2D eigenvalue weighted by Gasteiger charge is -2.29. The van der Waals surface area contributed by atoms with Gasteiger partial charge in [0.25, 0.3) is 5.91 Å². The number of aryl methyl sites for hydroxylation is 1. The molecular formula is C44H58N8O10S. The summed E-state index contributed by atoms with van der Waals surface area (Å²) in [5.74, 6) is -1.65. The topological polar surface area (TPSA) is 221 Å². The summed E-state index contributed by atoms with van der Waals surface area (Å²) >= 11 is 0. The Morgan fingerprint density at radius 3 is 2.54 bits per heavy atom. The quantitative estimate of drug-likeness (QED) is 0.248. The molecule has 0 bridgehead atoms. The van der Waals surface area contributed by atoms with Gasteiger partial charge < -0.3 is 29.3 Å². The molecule has 4 heterocycles. The van der Waals surface area contributed by atoms with Gasteiger partial charge in [0.2, 0.25) is 33.6 Å². The predicted octanol–water partition coefficient (Wildman–Crippen LogP) is 3.65. The van der Waals surface area contributed by atoms with E-state index < -0.39 is 61.9 Å². The minimum atomic E-state index is -4.00. The first-order chi connectivity index (χ1) is 29.8. The van der Waals surface area contributed by atoms with Crippen LogP contribution in [0.2, 0.25) is 0 Å². The number of hydrogen-bond donors (Lipinski definition) is 2. The fraction of sp³-hybridized carbons (Fsp3) is 0.591. The molecule has 2 saturated carbocycles. The number of likely N-dealkylation sites (N-methyl/N-ethyl adjacent to an activating group) is 1. The molecule has 19 heteroatoms. The summed E-state index contributed by atoms with van der Waals surface area (Å²) in [6.07, 6.45) is 8.00. The number of nitrogens with one attached hydrogen (secondary N) is 2. The Labute approximate surface area is 367 Å². The van der Waals surface area contributed by atoms with Crippen molar-refractivity contribution in [3.8, 4) is 17.4 Å². The van der Waals surface area contributed by atoms with E-state index in [4.69, 9.17) is 19.2 Å². The maximum absolute atomic E-state index is 14.9. The molecule has 5 atom stereocenters. The highest BCUT2D eigenvalue weighted by Crippen LogP contribution is 2.57. The number of ketones is 1. The van der Waals surface area contributed by atoms with Gasteiger partial charge in [-0.1, -0.05) is 25.0 Å². The maximum atomic E-state index is 14.9. The monoisotopic (exact) mass is 890 g/mol. The Morgan fingerprint density at radius 2 is 1.84 bits per heavy atom. The van der Waals surface area contributed by atoms with Crippen LogP contribution >= 0.6 is 0 Å². The number of amides is 4. The summed E-state index contributed by atoms with van der Waals surface area (Å²) in [5, 5.41) is 11.7. The van der Waals surface area contributed by atoms with Gasteiger partial charge in [-0.3, -0.25) is 28.7 Å². The van der Waals surface area contributed by atoms with Gasteiger partial charge in [-0.05, 0) is 84.3 Å². The fourth-order valence-electron chi connectivity index (χ4n) is 8.42. The van der Waals surface area contributed by atoms with Crippen molar-refractivity contribution in [3.63, 3.8) is 0 Å². The summed E-state index contributed by atoms with van der Waals surface area (Å²) in [7, 11) is 0.758. The van der Waals surface area contributed by atoms with Crippen molar-refractivity contribution in [2.75, 3.05) is 27.7 Å². The van der Waals surface area contributed by atoms with Gasteiger partial charge in [0.15, 0.2) is 11.5 Å². The van der Waals surface area contributed by atoms with Crippen LogP contribution in [-0.4, -0.2) is 124 Å². The molecule has 0 unspecified atom stereocenters. The number of allylic oxidation sites excluding steroid dienone is 2. The third kappa shape index (κ3) is 9.67. The Bertz CT molecular complexity index is 2430. The molecule has 2 aromatic heterocycles. The van der Waals surface area contributed by atoms with E-state index in [1.54, 1.807) is 34.2 Å². The van der Waals surface area contributed by atoms with Crippen LogP contribution in [-0.2, 0) is 35.7 Å². The number of fused-ring (bicyclic) bond motifs is 3. The van der Waals surface area contributed by atoms with Crippen molar-refractivity contribution in [1.82, 2.24) is 39.8 Å². The number of Topliss-reactive ketones (excluding diaryl/α,β-unsaturated/α-hetero) is 1. The fourth-order valence-corrected chi connectivity index (χ4v) is 9.75. The van der Waals surface area contributed by atoms with E-state index in [0.717, 1.165) is 16.8 Å². The molecule has 4 aliphatic rings. The van der Waals surface area contributed by atoms with Crippen molar-refractivity contribution in [2.45, 2.75) is 127 Å². The summed E-state index contributed by atoms with van der Waals surface area (Å²) in [5.41, 5.74) is -0.0715. The number of rotatable bonds is 12. The van der Waals surface area contributed by atoms with Gasteiger partial charge in [-0.25, -0.2) is 13.4 Å². The number of pyridine rings is 1. The Hall–Kier alpha value is -5.59. The first-order valence-electron chi connectivity index (χ1n) is 21.6. The van der Waals surface area contributed by atoms with Crippen LogP contribution in [0.15, 0.2) is 36.5 Å². The van der Waals surface area contributed by atoms with Crippen molar-refractivity contribution < 1.29 is 46.6 Å². The lowest BCUT2D eigenvalue weighted by atomic mass is 9.91. The van der Waals surface area contributed by atoms with Crippen LogP contribution < -0.4 is 24.2 Å². The largest absolute Gasteiger partial charge is 0.496 e.